The summed E-state index contributed by atoms with van der Waals surface area (Å²) >= 11 is -3.02. The molecule has 0 fully saturated rings. The van der Waals surface area contributed by atoms with E-state index in [1.54, 1.807) is 27.1 Å². The van der Waals surface area contributed by atoms with E-state index >= 15 is 0 Å². The van der Waals surface area contributed by atoms with Crippen molar-refractivity contribution in [3.8, 4) is 0 Å². The second kappa shape index (κ2) is 8.32. The van der Waals surface area contributed by atoms with Gasteiger partial charge < -0.3 is 0 Å². The molecule has 2 atom stereocenters. The zero-order valence-corrected chi connectivity index (χ0v) is 26.0. The van der Waals surface area contributed by atoms with Crippen LogP contribution < -0.4 is 10.4 Å². The zero-order valence-electron chi connectivity index (χ0n) is 22.4. The topological polar surface area (TPSA) is 0 Å². The number of benzene rings is 1. The molecule has 0 saturated carbocycles. The Hall–Kier alpha value is -0.152. The maximum atomic E-state index is 2.80. The molecule has 0 amide bonds. The number of aryl methyl sites for hydroxylation is 1. The van der Waals surface area contributed by atoms with Crippen molar-refractivity contribution < 1.29 is 14.6 Å². The van der Waals surface area contributed by atoms with E-state index in [0.717, 1.165) is 0 Å². The molecule has 0 aromatic heterocycles. The molecule has 1 aromatic rings. The fraction of sp³-hybridized carbons (Fsp3) is 0.630. The molecular formula is C27H49Si2Ti. The van der Waals surface area contributed by atoms with Crippen molar-refractivity contribution >= 4 is 24.4 Å². The van der Waals surface area contributed by atoms with Gasteiger partial charge in [-0.25, -0.2) is 0 Å². The van der Waals surface area contributed by atoms with Gasteiger partial charge in [0, 0.05) is 0 Å². The Morgan fingerprint density at radius 3 is 1.80 bits per heavy atom. The van der Waals surface area contributed by atoms with Crippen LogP contribution in [0.1, 0.15) is 53.0 Å². The van der Waals surface area contributed by atoms with Gasteiger partial charge >= 0.3 is 192 Å². The van der Waals surface area contributed by atoms with Crippen LogP contribution >= 0.6 is 0 Å². The summed E-state index contributed by atoms with van der Waals surface area (Å²) in [6.45, 7) is 24.7. The van der Waals surface area contributed by atoms with Crippen LogP contribution in [0, 0.1) is 12.8 Å². The first-order valence-electron chi connectivity index (χ1n) is 12.2. The summed E-state index contributed by atoms with van der Waals surface area (Å²) in [5.74, 6) is -1.08. The summed E-state index contributed by atoms with van der Waals surface area (Å²) in [7, 11) is -1.35. The van der Waals surface area contributed by atoms with Crippen molar-refractivity contribution in [2.24, 2.45) is 5.92 Å². The van der Waals surface area contributed by atoms with E-state index in [1.165, 1.54) is 24.4 Å². The summed E-state index contributed by atoms with van der Waals surface area (Å²) in [5, 5.41) is 11.8. The van der Waals surface area contributed by atoms with Gasteiger partial charge in [0.2, 0.25) is 0 Å². The molecule has 0 radical (unpaired) electrons. The Kier molecular flexibility index (Phi) is 7.24. The van der Waals surface area contributed by atoms with Crippen molar-refractivity contribution in [1.82, 2.24) is 0 Å². The quantitative estimate of drug-likeness (QED) is 0.347. The van der Waals surface area contributed by atoms with Crippen LogP contribution in [0.4, 0.5) is 0 Å². The summed E-state index contributed by atoms with van der Waals surface area (Å²) in [6, 6.07) is 9.24. The predicted octanol–water partition coefficient (Wildman–Crippen LogP) is 8.22. The molecule has 0 nitrogen and oxygen atoms in total. The average molecular weight is 478 g/mol. The third kappa shape index (κ3) is 4.23. The van der Waals surface area contributed by atoms with Gasteiger partial charge in [-0.3, -0.25) is 0 Å². The Bertz CT molecular complexity index is 890. The fourth-order valence-electron chi connectivity index (χ4n) is 6.23. The van der Waals surface area contributed by atoms with Gasteiger partial charge in [0.15, 0.2) is 0 Å². The van der Waals surface area contributed by atoms with E-state index in [9.17, 15) is 0 Å². The van der Waals surface area contributed by atoms with E-state index in [2.05, 4.69) is 102 Å². The average Bonchev–Trinajstić information content (AvgIpc) is 2.81. The van der Waals surface area contributed by atoms with Crippen LogP contribution in [0.2, 0.25) is 47.9 Å². The van der Waals surface area contributed by atoms with Crippen molar-refractivity contribution in [3.05, 3.63) is 44.4 Å². The minimum atomic E-state index is -3.02. The molecule has 0 aliphatic heterocycles. The molecule has 3 heteroatoms. The van der Waals surface area contributed by atoms with Crippen LogP contribution in [0.5, 0.6) is 0 Å². The van der Waals surface area contributed by atoms with Gasteiger partial charge in [0.05, 0.1) is 0 Å². The molecule has 0 saturated heterocycles. The molecule has 169 valence electrons. The first-order valence-corrected chi connectivity index (χ1v) is 26.2. The molecule has 1 aromatic carbocycles. The van der Waals surface area contributed by atoms with Gasteiger partial charge in [0.25, 0.3) is 0 Å². The van der Waals surface area contributed by atoms with E-state index < -0.39 is 28.6 Å². The van der Waals surface area contributed by atoms with Gasteiger partial charge in [-0.2, -0.15) is 0 Å². The van der Waals surface area contributed by atoms with Crippen LogP contribution in [0.3, 0.4) is 0 Å². The van der Waals surface area contributed by atoms with Gasteiger partial charge in [-0.05, 0) is 0 Å². The van der Waals surface area contributed by atoms with Crippen molar-refractivity contribution in [1.29, 1.82) is 0 Å². The zero-order chi connectivity index (χ0) is 23.3. The number of unbranched alkanes of at least 4 members (excludes halogenated alkanes) is 1. The number of allylic oxidation sites excluding steroid dienone is 4. The Morgan fingerprint density at radius 2 is 1.37 bits per heavy atom. The van der Waals surface area contributed by atoms with Crippen LogP contribution in [0.25, 0.3) is 0 Å². The standard InChI is InChI=1S/C15H27Si2.C9H13.3CH3.Ti/c1-7-8-9-16(3)14-10-13(2)11-15(12-14)17(4,5)6;1-6-5-7(2)9(4)8(6)3;;;;/h10-12H,7-9H2,1-6H3;6H,1-4H3;3*1H3;. The number of rotatable bonds is 7. The van der Waals surface area contributed by atoms with Crippen molar-refractivity contribution in [3.63, 3.8) is 0 Å². The van der Waals surface area contributed by atoms with Crippen molar-refractivity contribution in [2.75, 3.05) is 0 Å². The molecule has 2 unspecified atom stereocenters. The molecule has 30 heavy (non-hydrogen) atoms. The number of hydrogen-bond acceptors (Lipinski definition) is 0. The second-order valence-corrected chi connectivity index (χ2v) is 44.8. The monoisotopic (exact) mass is 477 g/mol. The van der Waals surface area contributed by atoms with Crippen LogP contribution in [0.15, 0.2) is 38.8 Å². The first kappa shape index (κ1) is 26.1. The Morgan fingerprint density at radius 1 is 0.833 bits per heavy atom. The fourth-order valence-corrected chi connectivity index (χ4v) is 32.3. The molecule has 0 N–H and O–H groups in total. The summed E-state index contributed by atoms with van der Waals surface area (Å²) in [5.41, 5.74) is 6.34. The summed E-state index contributed by atoms with van der Waals surface area (Å²) < 4.78 is 1.91. The van der Waals surface area contributed by atoms with E-state index in [-0.39, 0.29) is 0 Å². The SMILES string of the molecule is CCCC[Si](C)(c1cc(C)cc([Si](C)(C)C)c1)[Ti]([CH3])([CH3])([CH3])[C]1=C(C)C(C)=C(C)C1C. The molecule has 1 aliphatic carbocycles. The maximum absolute atomic E-state index is 3.02. The Balaban J connectivity index is 2.84. The Labute approximate surface area is 190 Å². The molecule has 1 aliphatic rings. The van der Waals surface area contributed by atoms with E-state index in [0.29, 0.717) is 5.92 Å². The third-order valence-electron chi connectivity index (χ3n) is 9.13. The molecule has 0 spiro atoms. The van der Waals surface area contributed by atoms with Crippen LogP contribution in [-0.2, 0) is 14.6 Å². The van der Waals surface area contributed by atoms with Gasteiger partial charge in [-0.1, -0.05) is 0 Å². The summed E-state index contributed by atoms with van der Waals surface area (Å²) in [6.07, 6.45) is 2.68. The first-order chi connectivity index (χ1) is 13.5. The molecular weight excluding hydrogens is 428 g/mol. The van der Waals surface area contributed by atoms with Crippen molar-refractivity contribution in [2.45, 2.75) is 102 Å². The van der Waals surface area contributed by atoms with E-state index in [4.69, 9.17) is 0 Å². The predicted molar refractivity (Wildman–Crippen MR) is 143 cm³/mol. The normalized spacial score (nSPS) is 21.6. The van der Waals surface area contributed by atoms with Crippen LogP contribution in [-0.4, -0.2) is 14.0 Å². The molecule has 0 heterocycles. The third-order valence-corrected chi connectivity index (χ3v) is 43.9. The minimum absolute atomic E-state index is 0.636. The number of hydrogen-bond donors (Lipinski definition) is 0. The summed E-state index contributed by atoms with van der Waals surface area (Å²) in [4.78, 5) is 0. The second-order valence-electron chi connectivity index (χ2n) is 13.0. The molecule has 2 rings (SSSR count). The van der Waals surface area contributed by atoms with Gasteiger partial charge in [0.1, 0.15) is 0 Å². The molecule has 0 bridgehead atoms. The van der Waals surface area contributed by atoms with Gasteiger partial charge in [-0.15, -0.1) is 0 Å². The van der Waals surface area contributed by atoms with E-state index in [1.807, 2.05) is 3.88 Å².